The highest BCUT2D eigenvalue weighted by Gasteiger charge is 2.07. The minimum atomic E-state index is 0.926. The number of rotatable bonds is 1. The lowest BCUT2D eigenvalue weighted by Gasteiger charge is -2.05. The fraction of sp³-hybridized carbons (Fsp3) is 0. The molecular weight excluding hydrogens is 264 g/mol. The molecule has 3 heteroatoms. The molecule has 0 atom stereocenters. The molecule has 0 aliphatic heterocycles. The SMILES string of the molecule is Brc1cc2ccccc2n1-c1ccccn1. The van der Waals surface area contributed by atoms with E-state index in [0.29, 0.717) is 0 Å². The molecule has 0 N–H and O–H groups in total. The van der Waals surface area contributed by atoms with Gasteiger partial charge in [-0.15, -0.1) is 0 Å². The maximum absolute atomic E-state index is 4.37. The summed E-state index contributed by atoms with van der Waals surface area (Å²) in [7, 11) is 0. The molecule has 0 bridgehead atoms. The largest absolute Gasteiger partial charge is 0.288 e. The first-order valence-electron chi connectivity index (χ1n) is 5.03. The third-order valence-corrected chi connectivity index (χ3v) is 3.13. The topological polar surface area (TPSA) is 17.8 Å². The number of halogens is 1. The molecular formula is C13H9BrN2. The second-order valence-electron chi connectivity index (χ2n) is 3.55. The van der Waals surface area contributed by atoms with Crippen molar-refractivity contribution in [3.05, 3.63) is 59.3 Å². The number of benzene rings is 1. The van der Waals surface area contributed by atoms with Gasteiger partial charge in [-0.25, -0.2) is 4.98 Å². The molecule has 0 spiro atoms. The van der Waals surface area contributed by atoms with E-state index in [1.807, 2.05) is 30.3 Å². The average molecular weight is 273 g/mol. The van der Waals surface area contributed by atoms with Crippen molar-refractivity contribution in [1.29, 1.82) is 0 Å². The van der Waals surface area contributed by atoms with E-state index in [9.17, 15) is 0 Å². The van der Waals surface area contributed by atoms with E-state index in [2.05, 4.69) is 43.7 Å². The maximum Gasteiger partial charge on any atom is 0.137 e. The van der Waals surface area contributed by atoms with Gasteiger partial charge in [0, 0.05) is 11.6 Å². The lowest BCUT2D eigenvalue weighted by molar-refractivity contribution is 1.02. The molecule has 0 radical (unpaired) electrons. The average Bonchev–Trinajstić information content (AvgIpc) is 2.66. The van der Waals surface area contributed by atoms with Gasteiger partial charge in [-0.1, -0.05) is 24.3 Å². The van der Waals surface area contributed by atoms with E-state index in [0.717, 1.165) is 15.9 Å². The molecule has 0 saturated heterocycles. The van der Waals surface area contributed by atoms with Crippen LogP contribution in [-0.2, 0) is 0 Å². The molecule has 2 nitrogen and oxygen atoms in total. The van der Waals surface area contributed by atoms with Crippen molar-refractivity contribution in [2.45, 2.75) is 0 Å². The normalized spacial score (nSPS) is 10.8. The van der Waals surface area contributed by atoms with E-state index < -0.39 is 0 Å². The summed E-state index contributed by atoms with van der Waals surface area (Å²) in [6.07, 6.45) is 1.80. The van der Waals surface area contributed by atoms with Gasteiger partial charge in [-0.2, -0.15) is 0 Å². The molecule has 0 aliphatic carbocycles. The van der Waals surface area contributed by atoms with Gasteiger partial charge in [-0.3, -0.25) is 4.57 Å². The fourth-order valence-corrected chi connectivity index (χ4v) is 2.46. The van der Waals surface area contributed by atoms with Crippen LogP contribution in [0.25, 0.3) is 16.7 Å². The van der Waals surface area contributed by atoms with Crippen LogP contribution in [0.4, 0.5) is 0 Å². The van der Waals surface area contributed by atoms with Gasteiger partial charge >= 0.3 is 0 Å². The summed E-state index contributed by atoms with van der Waals surface area (Å²) in [6.45, 7) is 0. The van der Waals surface area contributed by atoms with Crippen LogP contribution in [0.3, 0.4) is 0 Å². The highest BCUT2D eigenvalue weighted by atomic mass is 79.9. The van der Waals surface area contributed by atoms with E-state index in [1.54, 1.807) is 6.20 Å². The van der Waals surface area contributed by atoms with Crippen molar-refractivity contribution in [3.63, 3.8) is 0 Å². The summed E-state index contributed by atoms with van der Waals surface area (Å²) >= 11 is 3.57. The van der Waals surface area contributed by atoms with Crippen LogP contribution in [0.5, 0.6) is 0 Å². The Labute approximate surface area is 102 Å². The van der Waals surface area contributed by atoms with Crippen molar-refractivity contribution in [2.75, 3.05) is 0 Å². The van der Waals surface area contributed by atoms with Crippen LogP contribution < -0.4 is 0 Å². The molecule has 0 aliphatic rings. The molecule has 0 fully saturated rings. The van der Waals surface area contributed by atoms with Crippen molar-refractivity contribution < 1.29 is 0 Å². The van der Waals surface area contributed by atoms with Crippen LogP contribution >= 0.6 is 15.9 Å². The molecule has 0 unspecified atom stereocenters. The molecule has 2 aromatic heterocycles. The van der Waals surface area contributed by atoms with Gasteiger partial charge < -0.3 is 0 Å². The summed E-state index contributed by atoms with van der Waals surface area (Å²) in [6, 6.07) is 16.3. The Morgan fingerprint density at radius 2 is 1.81 bits per heavy atom. The predicted octanol–water partition coefficient (Wildman–Crippen LogP) is 3.79. The monoisotopic (exact) mass is 272 g/mol. The lowest BCUT2D eigenvalue weighted by Crippen LogP contribution is -1.95. The number of para-hydroxylation sites is 1. The van der Waals surface area contributed by atoms with E-state index >= 15 is 0 Å². The zero-order valence-electron chi connectivity index (χ0n) is 8.47. The van der Waals surface area contributed by atoms with Crippen molar-refractivity contribution >= 4 is 26.8 Å². The minimum Gasteiger partial charge on any atom is -0.288 e. The van der Waals surface area contributed by atoms with Gasteiger partial charge in [0.15, 0.2) is 0 Å². The zero-order valence-corrected chi connectivity index (χ0v) is 10.1. The zero-order chi connectivity index (χ0) is 11.0. The van der Waals surface area contributed by atoms with Crippen LogP contribution in [-0.4, -0.2) is 9.55 Å². The molecule has 16 heavy (non-hydrogen) atoms. The molecule has 3 rings (SSSR count). The number of pyridine rings is 1. The number of fused-ring (bicyclic) bond motifs is 1. The maximum atomic E-state index is 4.37. The first-order valence-corrected chi connectivity index (χ1v) is 5.83. The first kappa shape index (κ1) is 9.60. The quantitative estimate of drug-likeness (QED) is 0.659. The van der Waals surface area contributed by atoms with E-state index in [4.69, 9.17) is 0 Å². The highest BCUT2D eigenvalue weighted by Crippen LogP contribution is 2.26. The number of aromatic nitrogens is 2. The Bertz CT molecular complexity index is 629. The highest BCUT2D eigenvalue weighted by molar-refractivity contribution is 9.10. The summed E-state index contributed by atoms with van der Waals surface area (Å²) in [4.78, 5) is 4.37. The van der Waals surface area contributed by atoms with Crippen LogP contribution in [0.1, 0.15) is 0 Å². The molecule has 1 aromatic carbocycles. The van der Waals surface area contributed by atoms with Crippen molar-refractivity contribution in [2.24, 2.45) is 0 Å². The van der Waals surface area contributed by atoms with Crippen molar-refractivity contribution in [1.82, 2.24) is 9.55 Å². The summed E-state index contributed by atoms with van der Waals surface area (Å²) in [5.74, 6) is 0.926. The Kier molecular flexibility index (Phi) is 2.26. The second kappa shape index (κ2) is 3.76. The fourth-order valence-electron chi connectivity index (χ4n) is 1.84. The van der Waals surface area contributed by atoms with Gasteiger partial charge in [-0.05, 0) is 40.2 Å². The summed E-state index contributed by atoms with van der Waals surface area (Å²) in [5, 5.41) is 1.21. The standard InChI is InChI=1S/C13H9BrN2/c14-12-9-10-5-1-2-6-11(10)16(12)13-7-3-4-8-15-13/h1-9H. The molecule has 78 valence electrons. The Morgan fingerprint density at radius 1 is 1.00 bits per heavy atom. The Hall–Kier alpha value is -1.61. The van der Waals surface area contributed by atoms with Crippen LogP contribution in [0.2, 0.25) is 0 Å². The van der Waals surface area contributed by atoms with Gasteiger partial charge in [0.2, 0.25) is 0 Å². The third kappa shape index (κ3) is 1.44. The number of hydrogen-bond donors (Lipinski definition) is 0. The molecule has 3 aromatic rings. The van der Waals surface area contributed by atoms with E-state index in [1.165, 1.54) is 5.39 Å². The predicted molar refractivity (Wildman–Crippen MR) is 68.8 cm³/mol. The number of nitrogens with zero attached hydrogens (tertiary/aromatic N) is 2. The Morgan fingerprint density at radius 3 is 2.62 bits per heavy atom. The molecule has 2 heterocycles. The second-order valence-corrected chi connectivity index (χ2v) is 4.36. The molecule has 0 amide bonds. The van der Waals surface area contributed by atoms with Crippen molar-refractivity contribution in [3.8, 4) is 5.82 Å². The lowest BCUT2D eigenvalue weighted by atomic mass is 10.2. The summed E-state index contributed by atoms with van der Waals surface area (Å²) < 4.78 is 3.11. The van der Waals surface area contributed by atoms with E-state index in [-0.39, 0.29) is 0 Å². The Balaban J connectivity index is 2.35. The van der Waals surface area contributed by atoms with Gasteiger partial charge in [0.05, 0.1) is 10.1 Å². The third-order valence-electron chi connectivity index (χ3n) is 2.54. The van der Waals surface area contributed by atoms with Crippen LogP contribution in [0.15, 0.2) is 59.3 Å². The summed E-state index contributed by atoms with van der Waals surface area (Å²) in [5.41, 5.74) is 1.16. The number of hydrogen-bond acceptors (Lipinski definition) is 1. The van der Waals surface area contributed by atoms with Crippen LogP contribution in [0, 0.1) is 0 Å². The molecule has 0 saturated carbocycles. The van der Waals surface area contributed by atoms with Gasteiger partial charge in [0.1, 0.15) is 5.82 Å². The van der Waals surface area contributed by atoms with Gasteiger partial charge in [0.25, 0.3) is 0 Å². The smallest absolute Gasteiger partial charge is 0.137 e. The first-order chi connectivity index (χ1) is 7.86. The minimum absolute atomic E-state index is 0.926.